The third-order valence-corrected chi connectivity index (χ3v) is 5.98. The number of benzene rings is 1. The molecule has 1 aliphatic carbocycles. The van der Waals surface area contributed by atoms with Crippen molar-refractivity contribution in [2.75, 3.05) is 23.8 Å². The van der Waals surface area contributed by atoms with E-state index < -0.39 is 23.1 Å². The van der Waals surface area contributed by atoms with Crippen LogP contribution in [0.1, 0.15) is 38.1 Å². The molecule has 0 spiro atoms. The van der Waals surface area contributed by atoms with Gasteiger partial charge in [-0.05, 0) is 32.1 Å². The van der Waals surface area contributed by atoms with E-state index in [1.807, 2.05) is 0 Å². The van der Waals surface area contributed by atoms with Gasteiger partial charge in [-0.2, -0.15) is 4.98 Å². The van der Waals surface area contributed by atoms with Gasteiger partial charge in [-0.15, -0.1) is 0 Å². The fourth-order valence-corrected chi connectivity index (χ4v) is 4.30. The lowest BCUT2D eigenvalue weighted by molar-refractivity contribution is 0.126. The summed E-state index contributed by atoms with van der Waals surface area (Å²) in [5.41, 5.74) is 0.458. The Morgan fingerprint density at radius 1 is 1.03 bits per heavy atom. The minimum atomic E-state index is -1.06. The first-order valence-corrected chi connectivity index (χ1v) is 10.7. The van der Waals surface area contributed by atoms with Crippen molar-refractivity contribution in [3.8, 4) is 0 Å². The SMILES string of the molecule is OC1CCC(Nc2ncc3nc(Nc4c(F)cc(F)cc4F)n([C@@H]4CCOC4)c3n2)CC1. The molecule has 11 heteroatoms. The summed E-state index contributed by atoms with van der Waals surface area (Å²) in [7, 11) is 0. The second kappa shape index (κ2) is 8.55. The van der Waals surface area contributed by atoms with E-state index in [4.69, 9.17) is 4.74 Å². The summed E-state index contributed by atoms with van der Waals surface area (Å²) in [5.74, 6) is -2.52. The first-order chi connectivity index (χ1) is 15.5. The summed E-state index contributed by atoms with van der Waals surface area (Å²) in [4.78, 5) is 13.4. The van der Waals surface area contributed by atoms with Crippen molar-refractivity contribution in [3.63, 3.8) is 0 Å². The van der Waals surface area contributed by atoms with Gasteiger partial charge in [0.1, 0.15) is 17.0 Å². The van der Waals surface area contributed by atoms with E-state index in [0.717, 1.165) is 25.7 Å². The topological polar surface area (TPSA) is 97.1 Å². The summed E-state index contributed by atoms with van der Waals surface area (Å²) in [6, 6.07) is 1.24. The van der Waals surface area contributed by atoms with Crippen LogP contribution in [0.2, 0.25) is 0 Å². The predicted molar refractivity (Wildman–Crippen MR) is 111 cm³/mol. The molecular weight excluding hydrogens is 425 g/mol. The minimum absolute atomic E-state index is 0.137. The molecule has 2 fully saturated rings. The van der Waals surface area contributed by atoms with Crippen molar-refractivity contribution in [2.24, 2.45) is 0 Å². The summed E-state index contributed by atoms with van der Waals surface area (Å²) in [6.07, 6.45) is 5.04. The Kier molecular flexibility index (Phi) is 5.60. The molecule has 3 N–H and O–H groups in total. The zero-order valence-electron chi connectivity index (χ0n) is 17.2. The zero-order chi connectivity index (χ0) is 22.2. The van der Waals surface area contributed by atoms with Crippen molar-refractivity contribution in [2.45, 2.75) is 50.3 Å². The maximum atomic E-state index is 14.3. The van der Waals surface area contributed by atoms with Crippen molar-refractivity contribution in [1.29, 1.82) is 0 Å². The van der Waals surface area contributed by atoms with Crippen LogP contribution in [0.15, 0.2) is 18.3 Å². The Bertz CT molecular complexity index is 1100. The number of rotatable bonds is 5. The van der Waals surface area contributed by atoms with Crippen LogP contribution in [0.5, 0.6) is 0 Å². The second-order valence-electron chi connectivity index (χ2n) is 8.24. The van der Waals surface area contributed by atoms with E-state index >= 15 is 0 Å². The lowest BCUT2D eigenvalue weighted by Gasteiger charge is -2.26. The van der Waals surface area contributed by atoms with Gasteiger partial charge in [0.15, 0.2) is 17.3 Å². The molecule has 0 amide bonds. The van der Waals surface area contributed by atoms with Crippen LogP contribution in [0.3, 0.4) is 0 Å². The van der Waals surface area contributed by atoms with Gasteiger partial charge in [0.2, 0.25) is 11.9 Å². The van der Waals surface area contributed by atoms with Gasteiger partial charge in [-0.25, -0.2) is 23.1 Å². The van der Waals surface area contributed by atoms with Gasteiger partial charge in [-0.3, -0.25) is 4.57 Å². The third kappa shape index (κ3) is 4.09. The van der Waals surface area contributed by atoms with Gasteiger partial charge in [0.25, 0.3) is 0 Å². The van der Waals surface area contributed by atoms with Crippen molar-refractivity contribution < 1.29 is 23.0 Å². The van der Waals surface area contributed by atoms with E-state index in [-0.39, 0.29) is 24.1 Å². The minimum Gasteiger partial charge on any atom is -0.393 e. The Morgan fingerprint density at radius 2 is 1.78 bits per heavy atom. The lowest BCUT2D eigenvalue weighted by atomic mass is 9.93. The van der Waals surface area contributed by atoms with E-state index in [1.54, 1.807) is 10.8 Å². The molecule has 5 rings (SSSR count). The average Bonchev–Trinajstić information content (AvgIpc) is 3.39. The number of hydrogen-bond donors (Lipinski definition) is 3. The highest BCUT2D eigenvalue weighted by Gasteiger charge is 2.27. The maximum Gasteiger partial charge on any atom is 0.224 e. The number of aromatic nitrogens is 4. The van der Waals surface area contributed by atoms with Gasteiger partial charge < -0.3 is 20.5 Å². The molecule has 3 heterocycles. The number of halogens is 3. The quantitative estimate of drug-likeness (QED) is 0.548. The molecule has 2 aromatic heterocycles. The molecule has 1 atom stereocenters. The number of fused-ring (bicyclic) bond motifs is 1. The molecule has 3 aromatic rings. The summed E-state index contributed by atoms with van der Waals surface area (Å²) < 4.78 is 49.1. The summed E-state index contributed by atoms with van der Waals surface area (Å²) in [5, 5.41) is 15.7. The van der Waals surface area contributed by atoms with Crippen molar-refractivity contribution in [1.82, 2.24) is 19.5 Å². The number of nitrogens with one attached hydrogen (secondary N) is 2. The van der Waals surface area contributed by atoms with E-state index in [1.165, 1.54) is 0 Å². The zero-order valence-corrected chi connectivity index (χ0v) is 17.2. The maximum absolute atomic E-state index is 14.3. The van der Waals surface area contributed by atoms with Crippen LogP contribution in [0.4, 0.5) is 30.8 Å². The van der Waals surface area contributed by atoms with Crippen LogP contribution in [0, 0.1) is 17.5 Å². The second-order valence-corrected chi connectivity index (χ2v) is 8.24. The molecule has 170 valence electrons. The lowest BCUT2D eigenvalue weighted by Crippen LogP contribution is -2.29. The molecular formula is C21H23F3N6O2. The highest BCUT2D eigenvalue weighted by atomic mass is 19.1. The molecule has 8 nitrogen and oxygen atoms in total. The predicted octanol–water partition coefficient (Wildman–Crippen LogP) is 3.66. The van der Waals surface area contributed by atoms with Crippen LogP contribution < -0.4 is 10.6 Å². The first-order valence-electron chi connectivity index (χ1n) is 10.7. The number of imidazole rings is 1. The first kappa shape index (κ1) is 21.0. The van der Waals surface area contributed by atoms with Gasteiger partial charge in [-0.1, -0.05) is 0 Å². The van der Waals surface area contributed by atoms with Crippen LogP contribution in [-0.2, 0) is 4.74 Å². The van der Waals surface area contributed by atoms with E-state index in [9.17, 15) is 18.3 Å². The Hall–Kier alpha value is -2.92. The molecule has 1 aliphatic heterocycles. The number of aliphatic hydroxyl groups is 1. The monoisotopic (exact) mass is 448 g/mol. The number of ether oxygens (including phenoxy) is 1. The fourth-order valence-electron chi connectivity index (χ4n) is 4.30. The smallest absolute Gasteiger partial charge is 0.224 e. The Labute approximate surface area is 181 Å². The molecule has 32 heavy (non-hydrogen) atoms. The van der Waals surface area contributed by atoms with Gasteiger partial charge in [0.05, 0.1) is 24.9 Å². The molecule has 1 saturated carbocycles. The Morgan fingerprint density at radius 3 is 2.47 bits per heavy atom. The average molecular weight is 448 g/mol. The van der Waals surface area contributed by atoms with E-state index in [2.05, 4.69) is 25.6 Å². The van der Waals surface area contributed by atoms with Gasteiger partial charge >= 0.3 is 0 Å². The molecule has 1 aromatic carbocycles. The number of nitrogens with zero attached hydrogens (tertiary/aromatic N) is 4. The van der Waals surface area contributed by atoms with Crippen LogP contribution in [0.25, 0.3) is 11.2 Å². The van der Waals surface area contributed by atoms with Crippen molar-refractivity contribution >= 4 is 28.7 Å². The normalized spacial score (nSPS) is 23.6. The molecule has 0 bridgehead atoms. The summed E-state index contributed by atoms with van der Waals surface area (Å²) >= 11 is 0. The number of anilines is 3. The highest BCUT2D eigenvalue weighted by molar-refractivity contribution is 5.76. The van der Waals surface area contributed by atoms with E-state index in [0.29, 0.717) is 48.9 Å². The van der Waals surface area contributed by atoms with Crippen molar-refractivity contribution in [3.05, 3.63) is 35.8 Å². The fraction of sp³-hybridized carbons (Fsp3) is 0.476. The standard InChI is InChI=1S/C21H23F3N6O2/c22-11-7-15(23)18(16(24)8-11)28-21-27-17-9-25-20(26-12-1-3-14(31)4-2-12)29-19(17)30(21)13-5-6-32-10-13/h7-9,12-14,31H,1-6,10H2,(H,27,28)(H,25,26,29)/t12?,13-,14?/m1/s1. The van der Waals surface area contributed by atoms with Crippen LogP contribution in [-0.4, -0.2) is 50.0 Å². The van der Waals surface area contributed by atoms with Crippen LogP contribution >= 0.6 is 0 Å². The van der Waals surface area contributed by atoms with Gasteiger partial charge in [0, 0.05) is 24.8 Å². The number of hydrogen-bond acceptors (Lipinski definition) is 7. The third-order valence-electron chi connectivity index (χ3n) is 5.98. The largest absolute Gasteiger partial charge is 0.393 e. The molecule has 1 saturated heterocycles. The molecule has 0 unspecified atom stereocenters. The summed E-state index contributed by atoms with van der Waals surface area (Å²) in [6.45, 7) is 0.950. The number of aliphatic hydroxyl groups excluding tert-OH is 1. The molecule has 0 radical (unpaired) electrons. The highest BCUT2D eigenvalue weighted by Crippen LogP contribution is 2.32. The Balaban J connectivity index is 1.51. The molecule has 2 aliphatic rings.